The first kappa shape index (κ1) is 22.4. The number of rotatable bonds is 10. The molecular formula is C19H22FN5O5S. The lowest BCUT2D eigenvalue weighted by Gasteiger charge is -2.09. The summed E-state index contributed by atoms with van der Waals surface area (Å²) in [5, 5.41) is 16.6. The third-order valence-corrected chi connectivity index (χ3v) is 5.09. The Bertz CT molecular complexity index is 979. The maximum absolute atomic E-state index is 14.2. The van der Waals surface area contributed by atoms with Crippen molar-refractivity contribution in [2.24, 2.45) is 5.73 Å². The van der Waals surface area contributed by atoms with E-state index in [9.17, 15) is 18.8 Å². The fraction of sp³-hybridized carbons (Fsp3) is 0.368. The summed E-state index contributed by atoms with van der Waals surface area (Å²) in [6, 6.07) is 3.48. The third-order valence-electron chi connectivity index (χ3n) is 4.34. The molecule has 1 fully saturated rings. The summed E-state index contributed by atoms with van der Waals surface area (Å²) >= 11 is 0.778. The molecule has 10 nitrogen and oxygen atoms in total. The van der Waals surface area contributed by atoms with Crippen molar-refractivity contribution in [1.29, 1.82) is 0 Å². The number of hydrogen-bond donors (Lipinski definition) is 5. The topological polar surface area (TPSA) is 156 Å². The average Bonchev–Trinajstić information content (AvgIpc) is 3.45. The van der Waals surface area contributed by atoms with Crippen LogP contribution >= 0.6 is 11.5 Å². The van der Waals surface area contributed by atoms with Crippen LogP contribution in [0.25, 0.3) is 0 Å². The van der Waals surface area contributed by atoms with Crippen molar-refractivity contribution in [2.75, 3.05) is 18.5 Å². The monoisotopic (exact) mass is 451 g/mol. The number of nitrogens with two attached hydrogens (primary N) is 1. The van der Waals surface area contributed by atoms with Crippen molar-refractivity contribution < 1.29 is 28.6 Å². The normalized spacial score (nSPS) is 12.8. The lowest BCUT2D eigenvalue weighted by atomic mass is 10.1. The smallest absolute Gasteiger partial charge is 0.319 e. The van der Waals surface area contributed by atoms with E-state index in [0.29, 0.717) is 12.0 Å². The highest BCUT2D eigenvalue weighted by Gasteiger charge is 2.25. The van der Waals surface area contributed by atoms with Gasteiger partial charge in [-0.3, -0.25) is 14.9 Å². The maximum Gasteiger partial charge on any atom is 0.319 e. The molecule has 31 heavy (non-hydrogen) atoms. The molecule has 0 unspecified atom stereocenters. The highest BCUT2D eigenvalue weighted by Crippen LogP contribution is 2.31. The molecule has 1 aromatic heterocycles. The SMILES string of the molecule is NC(=O)c1c(OCc2cc(C(=O)NC3CC3)ccc2F)nsc1NC(=O)NCCCO. The van der Waals surface area contributed by atoms with Gasteiger partial charge in [0, 0.05) is 30.3 Å². The first-order valence-corrected chi connectivity index (χ1v) is 10.3. The maximum atomic E-state index is 14.2. The lowest BCUT2D eigenvalue weighted by Crippen LogP contribution is -2.30. The zero-order valence-electron chi connectivity index (χ0n) is 16.4. The van der Waals surface area contributed by atoms with E-state index in [1.54, 1.807) is 0 Å². The van der Waals surface area contributed by atoms with E-state index in [4.69, 9.17) is 15.6 Å². The number of aliphatic hydroxyl groups excluding tert-OH is 1. The lowest BCUT2D eigenvalue weighted by molar-refractivity contribution is 0.0949. The Morgan fingerprint density at radius 1 is 1.32 bits per heavy atom. The Morgan fingerprint density at radius 3 is 2.77 bits per heavy atom. The molecule has 0 spiro atoms. The summed E-state index contributed by atoms with van der Waals surface area (Å²) in [6.07, 6.45) is 2.23. The van der Waals surface area contributed by atoms with Crippen molar-refractivity contribution in [1.82, 2.24) is 15.0 Å². The van der Waals surface area contributed by atoms with Gasteiger partial charge in [0.05, 0.1) is 0 Å². The summed E-state index contributed by atoms with van der Waals surface area (Å²) in [4.78, 5) is 35.9. The van der Waals surface area contributed by atoms with Gasteiger partial charge in [-0.2, -0.15) is 4.37 Å². The summed E-state index contributed by atoms with van der Waals surface area (Å²) in [5.74, 6) is -1.92. The molecular weight excluding hydrogens is 429 g/mol. The molecule has 0 aliphatic heterocycles. The van der Waals surface area contributed by atoms with E-state index in [1.165, 1.54) is 18.2 Å². The molecule has 0 atom stereocenters. The summed E-state index contributed by atoms with van der Waals surface area (Å²) in [6.45, 7) is -0.145. The quantitative estimate of drug-likeness (QED) is 0.344. The van der Waals surface area contributed by atoms with E-state index in [0.717, 1.165) is 24.4 Å². The van der Waals surface area contributed by atoms with E-state index in [-0.39, 0.29) is 53.7 Å². The Balaban J connectivity index is 1.68. The van der Waals surface area contributed by atoms with Crippen LogP contribution in [0.3, 0.4) is 0 Å². The second-order valence-electron chi connectivity index (χ2n) is 6.86. The van der Waals surface area contributed by atoms with Gasteiger partial charge in [0.15, 0.2) is 0 Å². The number of aliphatic hydroxyl groups is 1. The second-order valence-corrected chi connectivity index (χ2v) is 7.63. The molecule has 1 aliphatic carbocycles. The number of amides is 4. The Kier molecular flexibility index (Phi) is 7.36. The van der Waals surface area contributed by atoms with Crippen LogP contribution in [0.4, 0.5) is 14.2 Å². The Labute approximate surface area is 181 Å². The van der Waals surface area contributed by atoms with Gasteiger partial charge in [0.1, 0.15) is 23.0 Å². The van der Waals surface area contributed by atoms with Crippen LogP contribution < -0.4 is 26.4 Å². The molecule has 166 valence electrons. The summed E-state index contributed by atoms with van der Waals surface area (Å²) in [7, 11) is 0. The predicted octanol–water partition coefficient (Wildman–Crippen LogP) is 1.36. The first-order valence-electron chi connectivity index (χ1n) is 9.56. The van der Waals surface area contributed by atoms with E-state index in [1.807, 2.05) is 0 Å². The van der Waals surface area contributed by atoms with Crippen molar-refractivity contribution in [3.8, 4) is 5.88 Å². The predicted molar refractivity (Wildman–Crippen MR) is 111 cm³/mol. The van der Waals surface area contributed by atoms with Gasteiger partial charge >= 0.3 is 6.03 Å². The molecule has 1 aromatic carbocycles. The highest BCUT2D eigenvalue weighted by molar-refractivity contribution is 7.11. The fourth-order valence-electron chi connectivity index (χ4n) is 2.57. The van der Waals surface area contributed by atoms with Crippen molar-refractivity contribution in [3.63, 3.8) is 0 Å². The van der Waals surface area contributed by atoms with Crippen molar-refractivity contribution in [2.45, 2.75) is 31.9 Å². The molecule has 1 heterocycles. The number of primary amides is 1. The minimum Gasteiger partial charge on any atom is -0.471 e. The number of nitrogens with one attached hydrogen (secondary N) is 3. The number of benzene rings is 1. The van der Waals surface area contributed by atoms with Gasteiger partial charge in [-0.15, -0.1) is 0 Å². The highest BCUT2D eigenvalue weighted by atomic mass is 32.1. The molecule has 1 aliphatic rings. The van der Waals surface area contributed by atoms with Crippen molar-refractivity contribution >= 4 is 34.4 Å². The van der Waals surface area contributed by atoms with Gasteiger partial charge in [0.2, 0.25) is 5.88 Å². The number of carbonyl (C=O) groups excluding carboxylic acids is 3. The number of carbonyl (C=O) groups is 3. The number of aromatic nitrogens is 1. The van der Waals surface area contributed by atoms with Gasteiger partial charge < -0.3 is 26.2 Å². The summed E-state index contributed by atoms with van der Waals surface area (Å²) in [5.41, 5.74) is 5.63. The van der Waals surface area contributed by atoms with Crippen LogP contribution in [-0.2, 0) is 6.61 Å². The van der Waals surface area contributed by atoms with E-state index in [2.05, 4.69) is 20.3 Å². The van der Waals surface area contributed by atoms with Crippen LogP contribution in [0, 0.1) is 5.82 Å². The third kappa shape index (κ3) is 6.12. The molecule has 0 bridgehead atoms. The standard InChI is InChI=1S/C19H22FN5O5S/c20-13-5-2-10(16(28)23-12-3-4-12)8-11(13)9-30-17-14(15(21)27)18(31-25-17)24-19(29)22-6-1-7-26/h2,5,8,12,26H,1,3-4,6-7,9H2,(H2,21,27)(H,23,28)(H2,22,24,29). The minimum absolute atomic E-state index is 0.0713. The molecule has 6 N–H and O–H groups in total. The zero-order valence-corrected chi connectivity index (χ0v) is 17.3. The first-order chi connectivity index (χ1) is 14.9. The number of urea groups is 1. The Morgan fingerprint density at radius 2 is 2.10 bits per heavy atom. The zero-order chi connectivity index (χ0) is 22.4. The molecule has 3 rings (SSSR count). The largest absolute Gasteiger partial charge is 0.471 e. The van der Waals surface area contributed by atoms with E-state index < -0.39 is 17.8 Å². The second kappa shape index (κ2) is 10.2. The number of nitrogens with zero attached hydrogens (tertiary/aromatic N) is 1. The van der Waals surface area contributed by atoms with E-state index >= 15 is 0 Å². The Hall–Kier alpha value is -3.25. The van der Waals surface area contributed by atoms with Crippen molar-refractivity contribution in [3.05, 3.63) is 40.7 Å². The van der Waals surface area contributed by atoms with Gasteiger partial charge in [-0.1, -0.05) is 0 Å². The molecule has 1 saturated carbocycles. The molecule has 4 amide bonds. The van der Waals surface area contributed by atoms with Crippen LogP contribution in [0.5, 0.6) is 5.88 Å². The van der Waals surface area contributed by atoms with Crippen LogP contribution in [0.1, 0.15) is 45.5 Å². The molecule has 0 saturated heterocycles. The minimum atomic E-state index is -0.882. The van der Waals surface area contributed by atoms with Crippen LogP contribution in [0.2, 0.25) is 0 Å². The number of ether oxygens (including phenoxy) is 1. The molecule has 12 heteroatoms. The fourth-order valence-corrected chi connectivity index (χ4v) is 3.31. The van der Waals surface area contributed by atoms with Gasteiger partial charge in [0.25, 0.3) is 11.8 Å². The van der Waals surface area contributed by atoms with Gasteiger partial charge in [-0.05, 0) is 49.0 Å². The number of hydrogen-bond acceptors (Lipinski definition) is 7. The molecule has 0 radical (unpaired) electrons. The van der Waals surface area contributed by atoms with Crippen LogP contribution in [-0.4, -0.2) is 46.5 Å². The average molecular weight is 451 g/mol. The van der Waals surface area contributed by atoms with Crippen LogP contribution in [0.15, 0.2) is 18.2 Å². The number of halogens is 1. The van der Waals surface area contributed by atoms with Gasteiger partial charge in [-0.25, -0.2) is 9.18 Å². The molecule has 2 aromatic rings. The number of anilines is 1. The summed E-state index contributed by atoms with van der Waals surface area (Å²) < 4.78 is 23.6.